The van der Waals surface area contributed by atoms with Gasteiger partial charge in [0, 0.05) is 11.1 Å². The molecule has 0 bridgehead atoms. The van der Waals surface area contributed by atoms with Crippen LogP contribution in [-0.4, -0.2) is 38.2 Å². The number of ether oxygens (including phenoxy) is 2. The third-order valence-corrected chi connectivity index (χ3v) is 4.13. The lowest BCUT2D eigenvalue weighted by atomic mass is 10.0. The van der Waals surface area contributed by atoms with Gasteiger partial charge in [0.05, 0.1) is 20.5 Å². The van der Waals surface area contributed by atoms with Crippen molar-refractivity contribution in [3.05, 3.63) is 77.3 Å². The normalized spacial score (nSPS) is 12.0. The summed E-state index contributed by atoms with van der Waals surface area (Å²) in [7, 11) is 2.73. The lowest BCUT2D eigenvalue weighted by Gasteiger charge is -2.11. The molecule has 166 valence electrons. The highest BCUT2D eigenvalue weighted by Crippen LogP contribution is 2.22. The Morgan fingerprint density at radius 1 is 1.09 bits per heavy atom. The van der Waals surface area contributed by atoms with Gasteiger partial charge >= 0.3 is 5.97 Å². The molecule has 0 N–H and O–H groups in total. The van der Waals surface area contributed by atoms with Crippen LogP contribution in [-0.2, 0) is 30.6 Å². The number of methoxy groups -OCH3 is 2. The van der Waals surface area contributed by atoms with Gasteiger partial charge < -0.3 is 19.1 Å². The molecule has 0 spiro atoms. The number of carbonyl (C=O) groups is 1. The molecule has 0 fully saturated rings. The maximum atomic E-state index is 13.3. The molecular formula is C24H23FN2O5. The zero-order valence-electron chi connectivity index (χ0n) is 18.0. The van der Waals surface area contributed by atoms with Crippen molar-refractivity contribution >= 4 is 23.0 Å². The Morgan fingerprint density at radius 2 is 1.81 bits per heavy atom. The van der Waals surface area contributed by atoms with E-state index in [-0.39, 0.29) is 24.6 Å². The lowest BCUT2D eigenvalue weighted by molar-refractivity contribution is -0.133. The van der Waals surface area contributed by atoms with E-state index in [4.69, 9.17) is 25.6 Å². The van der Waals surface area contributed by atoms with Crippen molar-refractivity contribution in [3.63, 3.8) is 0 Å². The van der Waals surface area contributed by atoms with E-state index in [1.165, 1.54) is 32.6 Å². The molecule has 0 aliphatic carbocycles. The summed E-state index contributed by atoms with van der Waals surface area (Å²) >= 11 is 0. The summed E-state index contributed by atoms with van der Waals surface area (Å²) in [6.45, 7) is 1.68. The molecule has 7 nitrogen and oxygen atoms in total. The first kappa shape index (κ1) is 24.2. The highest BCUT2D eigenvalue weighted by atomic mass is 19.1. The number of halogens is 1. The maximum Gasteiger partial charge on any atom is 0.341 e. The summed E-state index contributed by atoms with van der Waals surface area (Å²) in [5.74, 6) is 1.38. The molecule has 0 aliphatic heterocycles. The predicted molar refractivity (Wildman–Crippen MR) is 119 cm³/mol. The van der Waals surface area contributed by atoms with Crippen LogP contribution in [0.2, 0.25) is 0 Å². The van der Waals surface area contributed by atoms with Gasteiger partial charge in [-0.3, -0.25) is 0 Å². The van der Waals surface area contributed by atoms with Crippen LogP contribution in [0.1, 0.15) is 23.6 Å². The first-order chi connectivity index (χ1) is 15.5. The average Bonchev–Trinajstić information content (AvgIpc) is 2.81. The topological polar surface area (TPSA) is 78.7 Å². The number of hydrogen-bond donors (Lipinski definition) is 0. The van der Waals surface area contributed by atoms with Crippen molar-refractivity contribution in [2.45, 2.75) is 13.5 Å². The van der Waals surface area contributed by atoms with Crippen LogP contribution in [0.3, 0.4) is 0 Å². The number of hydrogen-bond acceptors (Lipinski definition) is 7. The number of oxime groups is 2. The SMILES string of the molecule is C#CCO/N=C(/C(C)=N/OCc1ccccc1C(=COC)C(=O)OC)c1ccc(F)cc1. The van der Waals surface area contributed by atoms with Crippen molar-refractivity contribution in [3.8, 4) is 12.3 Å². The molecule has 0 aliphatic rings. The quantitative estimate of drug-likeness (QED) is 0.107. The maximum absolute atomic E-state index is 13.3. The molecule has 0 amide bonds. The van der Waals surface area contributed by atoms with Gasteiger partial charge in [-0.25, -0.2) is 9.18 Å². The highest BCUT2D eigenvalue weighted by molar-refractivity contribution is 6.47. The van der Waals surface area contributed by atoms with Gasteiger partial charge in [0.2, 0.25) is 0 Å². The van der Waals surface area contributed by atoms with E-state index in [9.17, 15) is 9.18 Å². The first-order valence-corrected chi connectivity index (χ1v) is 9.47. The third kappa shape index (κ3) is 6.71. The van der Waals surface area contributed by atoms with Crippen LogP contribution in [0, 0.1) is 18.2 Å². The van der Waals surface area contributed by atoms with Crippen LogP contribution in [0.25, 0.3) is 5.57 Å². The fourth-order valence-electron chi connectivity index (χ4n) is 2.67. The smallest absolute Gasteiger partial charge is 0.341 e. The third-order valence-electron chi connectivity index (χ3n) is 4.13. The lowest BCUT2D eigenvalue weighted by Crippen LogP contribution is -2.14. The molecule has 0 aromatic heterocycles. The first-order valence-electron chi connectivity index (χ1n) is 9.47. The molecule has 32 heavy (non-hydrogen) atoms. The molecule has 0 saturated carbocycles. The molecule has 0 heterocycles. The number of terminal acetylenes is 1. The van der Waals surface area contributed by atoms with Gasteiger partial charge in [0.15, 0.2) is 6.61 Å². The number of nitrogens with zero attached hydrogens (tertiary/aromatic N) is 2. The second kappa shape index (κ2) is 12.5. The fourth-order valence-corrected chi connectivity index (χ4v) is 2.67. The molecule has 2 rings (SSSR count). The highest BCUT2D eigenvalue weighted by Gasteiger charge is 2.17. The number of rotatable bonds is 10. The number of benzene rings is 2. The van der Waals surface area contributed by atoms with Crippen molar-refractivity contribution in [2.75, 3.05) is 20.8 Å². The van der Waals surface area contributed by atoms with Gasteiger partial charge in [-0.05, 0) is 36.8 Å². The number of esters is 1. The van der Waals surface area contributed by atoms with E-state index in [2.05, 4.69) is 16.2 Å². The molecule has 2 aromatic rings. The van der Waals surface area contributed by atoms with E-state index in [0.29, 0.717) is 28.1 Å². The summed E-state index contributed by atoms with van der Waals surface area (Å²) in [4.78, 5) is 22.7. The predicted octanol–water partition coefficient (Wildman–Crippen LogP) is 3.93. The zero-order valence-corrected chi connectivity index (χ0v) is 18.0. The van der Waals surface area contributed by atoms with Crippen LogP contribution in [0.15, 0.2) is 65.1 Å². The van der Waals surface area contributed by atoms with E-state index < -0.39 is 5.97 Å². The molecule has 0 unspecified atom stereocenters. The molecule has 0 atom stereocenters. The standard InChI is InChI=1S/C24H23FN2O5/c1-5-14-31-27-23(18-10-12-20(25)13-11-18)17(2)26-32-15-19-8-6-7-9-21(19)22(16-29-3)24(28)30-4/h1,6-13,16H,14-15H2,2-4H3/b22-16?,26-17+,27-23-. The van der Waals surface area contributed by atoms with E-state index in [0.717, 1.165) is 0 Å². The monoisotopic (exact) mass is 438 g/mol. The molecule has 2 aromatic carbocycles. The van der Waals surface area contributed by atoms with Gasteiger partial charge in [-0.2, -0.15) is 0 Å². The second-order valence-corrected chi connectivity index (χ2v) is 6.29. The second-order valence-electron chi connectivity index (χ2n) is 6.29. The van der Waals surface area contributed by atoms with Crippen molar-refractivity contribution in [1.29, 1.82) is 0 Å². The van der Waals surface area contributed by atoms with Gasteiger partial charge in [0.25, 0.3) is 0 Å². The van der Waals surface area contributed by atoms with Gasteiger partial charge in [-0.15, -0.1) is 6.42 Å². The Bertz CT molecular complexity index is 1050. The minimum Gasteiger partial charge on any atom is -0.503 e. The Balaban J connectivity index is 2.26. The van der Waals surface area contributed by atoms with Crippen molar-refractivity contribution in [2.24, 2.45) is 10.3 Å². The molecule has 0 radical (unpaired) electrons. The Morgan fingerprint density at radius 3 is 2.47 bits per heavy atom. The summed E-state index contributed by atoms with van der Waals surface area (Å²) in [5, 5.41) is 8.10. The summed E-state index contributed by atoms with van der Waals surface area (Å²) in [6, 6.07) is 12.8. The van der Waals surface area contributed by atoms with Gasteiger partial charge in [-0.1, -0.05) is 40.5 Å². The Kier molecular flexibility index (Phi) is 9.47. The van der Waals surface area contributed by atoms with Crippen molar-refractivity contribution < 1.29 is 28.3 Å². The molecule has 8 heteroatoms. The largest absolute Gasteiger partial charge is 0.503 e. The summed E-state index contributed by atoms with van der Waals surface area (Å²) in [6.07, 6.45) is 6.50. The van der Waals surface area contributed by atoms with Crippen molar-refractivity contribution in [1.82, 2.24) is 0 Å². The van der Waals surface area contributed by atoms with Crippen LogP contribution < -0.4 is 0 Å². The minimum atomic E-state index is -0.546. The van der Waals surface area contributed by atoms with Crippen LogP contribution in [0.5, 0.6) is 0 Å². The number of carbonyl (C=O) groups excluding carboxylic acids is 1. The van der Waals surface area contributed by atoms with Crippen LogP contribution in [0.4, 0.5) is 4.39 Å². The van der Waals surface area contributed by atoms with E-state index >= 15 is 0 Å². The summed E-state index contributed by atoms with van der Waals surface area (Å²) < 4.78 is 23.1. The van der Waals surface area contributed by atoms with Crippen LogP contribution >= 0.6 is 0 Å². The van der Waals surface area contributed by atoms with Gasteiger partial charge in [0.1, 0.15) is 29.4 Å². The fraction of sp³-hybridized carbons (Fsp3) is 0.208. The molecule has 0 saturated heterocycles. The summed E-state index contributed by atoms with van der Waals surface area (Å²) in [5.41, 5.74) is 2.80. The zero-order chi connectivity index (χ0) is 23.3. The minimum absolute atomic E-state index is 0.0334. The Hall–Kier alpha value is -4.12. The van der Waals surface area contributed by atoms with E-state index in [1.807, 2.05) is 0 Å². The molecular weight excluding hydrogens is 415 g/mol. The Labute approximate surface area is 186 Å². The van der Waals surface area contributed by atoms with E-state index in [1.54, 1.807) is 43.3 Å². The average molecular weight is 438 g/mol.